The minimum Gasteiger partial charge on any atom is -0.330 e. The van der Waals surface area contributed by atoms with Crippen molar-refractivity contribution in [3.63, 3.8) is 0 Å². The average molecular weight is 703 g/mol. The highest BCUT2D eigenvalue weighted by molar-refractivity contribution is 6.17. The van der Waals surface area contributed by atoms with Gasteiger partial charge in [0.05, 0.1) is 22.2 Å². The molecule has 1 atom stereocenters. The quantitative estimate of drug-likeness (QED) is 0.147. The first-order valence-electron chi connectivity index (χ1n) is 18.3. The topological polar surface area (TPSA) is 57.8 Å². The number of terminal acetylenes is 1. The van der Waals surface area contributed by atoms with Crippen LogP contribution in [0.15, 0.2) is 186 Å². The number of anilines is 1. The zero-order chi connectivity index (χ0) is 37.4. The van der Waals surface area contributed by atoms with Crippen LogP contribution in [0.25, 0.3) is 44.3 Å². The minimum absolute atomic E-state index is 0.468. The van der Waals surface area contributed by atoms with Gasteiger partial charge in [-0.05, 0) is 78.6 Å². The van der Waals surface area contributed by atoms with Gasteiger partial charge in [-0.25, -0.2) is 4.99 Å². The van der Waals surface area contributed by atoms with Crippen molar-refractivity contribution in [2.75, 3.05) is 4.90 Å². The van der Waals surface area contributed by atoms with Crippen molar-refractivity contribution in [1.82, 2.24) is 14.9 Å². The molecule has 8 rings (SSSR count). The second kappa shape index (κ2) is 16.1. The fourth-order valence-corrected chi connectivity index (χ4v) is 7.01. The molecule has 1 unspecified atom stereocenters. The number of allylic oxidation sites excluding steroid dienone is 10. The van der Waals surface area contributed by atoms with Gasteiger partial charge in [0.25, 0.3) is 0 Å². The van der Waals surface area contributed by atoms with E-state index in [0.717, 1.165) is 73.1 Å². The number of aliphatic imine (C=N–C) groups is 2. The summed E-state index contributed by atoms with van der Waals surface area (Å²) in [6.07, 6.45) is 32.2. The molecule has 6 nitrogen and oxygen atoms in total. The van der Waals surface area contributed by atoms with Crippen molar-refractivity contribution in [2.24, 2.45) is 9.98 Å². The SMILES string of the molecule is C#C/C=C(\C=C/C)C1N=C(C2=CC=CCC=C2)N=C(N2/C=C\C=C/C(=C)c3c(-c4cccc5c4c4ncccc4n5-c4ccccc4)cccc32)N1.CC. The molecule has 0 radical (unpaired) electrons. The van der Waals surface area contributed by atoms with Crippen LogP contribution in [0.3, 0.4) is 0 Å². The molecule has 0 saturated carbocycles. The molecular weight excluding hydrogens is 661 g/mol. The van der Waals surface area contributed by atoms with Gasteiger partial charge in [0.1, 0.15) is 6.17 Å². The van der Waals surface area contributed by atoms with E-state index in [1.807, 2.05) is 81.8 Å². The number of benzene rings is 3. The molecule has 3 aromatic carbocycles. The first kappa shape index (κ1) is 35.4. The van der Waals surface area contributed by atoms with Gasteiger partial charge in [-0.3, -0.25) is 9.88 Å². The molecule has 54 heavy (non-hydrogen) atoms. The number of aromatic nitrogens is 2. The number of guanidine groups is 1. The largest absolute Gasteiger partial charge is 0.330 e. The van der Waals surface area contributed by atoms with E-state index in [0.29, 0.717) is 11.8 Å². The van der Waals surface area contributed by atoms with Crippen LogP contribution in [-0.2, 0) is 0 Å². The van der Waals surface area contributed by atoms with Crippen molar-refractivity contribution in [3.05, 3.63) is 181 Å². The molecule has 2 aliphatic heterocycles. The van der Waals surface area contributed by atoms with E-state index >= 15 is 0 Å². The number of fused-ring (bicyclic) bond motifs is 4. The fraction of sp³-hybridized carbons (Fsp3) is 0.104. The predicted molar refractivity (Wildman–Crippen MR) is 230 cm³/mol. The number of nitrogens with zero attached hydrogens (tertiary/aromatic N) is 5. The lowest BCUT2D eigenvalue weighted by atomic mass is 9.90. The molecule has 264 valence electrons. The van der Waals surface area contributed by atoms with Crippen LogP contribution >= 0.6 is 0 Å². The van der Waals surface area contributed by atoms with Crippen LogP contribution in [0, 0.1) is 12.3 Å². The molecule has 2 aromatic heterocycles. The van der Waals surface area contributed by atoms with Crippen LogP contribution in [0.1, 0.15) is 32.8 Å². The Morgan fingerprint density at radius 1 is 0.907 bits per heavy atom. The molecule has 1 aliphatic carbocycles. The molecule has 5 aromatic rings. The van der Waals surface area contributed by atoms with Crippen LogP contribution in [0.5, 0.6) is 0 Å². The van der Waals surface area contributed by atoms with Crippen LogP contribution in [0.4, 0.5) is 5.69 Å². The maximum absolute atomic E-state index is 5.80. The highest BCUT2D eigenvalue weighted by atomic mass is 15.4. The van der Waals surface area contributed by atoms with E-state index in [1.54, 1.807) is 6.08 Å². The highest BCUT2D eigenvalue weighted by Gasteiger charge is 2.28. The number of hydrogen-bond donors (Lipinski definition) is 1. The Hall–Kier alpha value is -6.97. The number of nitrogens with one attached hydrogen (secondary N) is 1. The summed E-state index contributed by atoms with van der Waals surface area (Å²) in [5.41, 5.74) is 10.8. The van der Waals surface area contributed by atoms with Crippen molar-refractivity contribution in [3.8, 4) is 29.2 Å². The Morgan fingerprint density at radius 2 is 1.72 bits per heavy atom. The van der Waals surface area contributed by atoms with Gasteiger partial charge in [-0.15, -0.1) is 6.42 Å². The zero-order valence-corrected chi connectivity index (χ0v) is 30.8. The van der Waals surface area contributed by atoms with E-state index in [9.17, 15) is 0 Å². The fourth-order valence-electron chi connectivity index (χ4n) is 7.01. The average Bonchev–Trinajstić information content (AvgIpc) is 3.33. The minimum atomic E-state index is -0.468. The Bertz CT molecular complexity index is 2560. The first-order valence-corrected chi connectivity index (χ1v) is 18.3. The summed E-state index contributed by atoms with van der Waals surface area (Å²) in [5, 5.41) is 4.68. The number of para-hydroxylation sites is 1. The lowest BCUT2D eigenvalue weighted by Gasteiger charge is -2.32. The molecule has 1 N–H and O–H groups in total. The lowest BCUT2D eigenvalue weighted by Crippen LogP contribution is -2.47. The highest BCUT2D eigenvalue weighted by Crippen LogP contribution is 2.43. The van der Waals surface area contributed by atoms with Gasteiger partial charge < -0.3 is 9.88 Å². The van der Waals surface area contributed by atoms with Crippen molar-refractivity contribution >= 4 is 45.0 Å². The second-order valence-corrected chi connectivity index (χ2v) is 12.5. The zero-order valence-electron chi connectivity index (χ0n) is 30.8. The molecular formula is C48H42N6. The van der Waals surface area contributed by atoms with Crippen molar-refractivity contribution in [1.29, 1.82) is 0 Å². The third-order valence-corrected chi connectivity index (χ3v) is 9.24. The van der Waals surface area contributed by atoms with Gasteiger partial charge in [0.15, 0.2) is 5.84 Å². The van der Waals surface area contributed by atoms with E-state index in [1.165, 1.54) is 0 Å². The van der Waals surface area contributed by atoms with E-state index in [2.05, 4.69) is 118 Å². The Balaban J connectivity index is 0.00000221. The van der Waals surface area contributed by atoms with Crippen LogP contribution in [0.2, 0.25) is 0 Å². The molecule has 3 aliphatic rings. The summed E-state index contributed by atoms with van der Waals surface area (Å²) in [7, 11) is 0. The summed E-state index contributed by atoms with van der Waals surface area (Å²) < 4.78 is 2.29. The summed E-state index contributed by atoms with van der Waals surface area (Å²) in [4.78, 5) is 17.2. The Kier molecular flexibility index (Phi) is 10.6. The normalized spacial score (nSPS) is 17.9. The molecule has 0 spiro atoms. The molecule has 4 heterocycles. The monoisotopic (exact) mass is 702 g/mol. The number of pyridine rings is 1. The maximum atomic E-state index is 5.80. The van der Waals surface area contributed by atoms with Crippen molar-refractivity contribution < 1.29 is 0 Å². The van der Waals surface area contributed by atoms with Crippen LogP contribution in [-0.4, -0.2) is 27.5 Å². The molecule has 0 saturated heterocycles. The standard InChI is InChI=1S/C46H36N6.C2H6/c1-4-18-33(19-5-2)44-48-45(34-21-9-6-7-10-22-34)50-46(49-44)51-31-14-13-20-32(3)41-36(25-15-27-38(41)51)37-26-16-28-39-42(37)43-40(29-17-30-47-43)52(39)35-23-11-8-12-24-35;1-2/h1,5-6,8-31,44H,3,7H2,2H3,(H,48,49,50);1-2H3/b19-5-,20-13-,31-14-,33-18+;. The summed E-state index contributed by atoms with van der Waals surface area (Å²) in [6, 6.07) is 27.4. The van der Waals surface area contributed by atoms with Gasteiger partial charge in [-0.2, -0.15) is 4.99 Å². The first-order chi connectivity index (χ1) is 26.7. The summed E-state index contributed by atoms with van der Waals surface area (Å²) in [5.74, 6) is 3.92. The second-order valence-electron chi connectivity index (χ2n) is 12.5. The number of amidine groups is 1. The van der Waals surface area contributed by atoms with Gasteiger partial charge in [0.2, 0.25) is 5.96 Å². The predicted octanol–water partition coefficient (Wildman–Crippen LogP) is 11.0. The van der Waals surface area contributed by atoms with Crippen LogP contribution < -0.4 is 10.2 Å². The van der Waals surface area contributed by atoms with E-state index in [-0.39, 0.29) is 0 Å². The summed E-state index contributed by atoms with van der Waals surface area (Å²) in [6.45, 7) is 10.6. The van der Waals surface area contributed by atoms with Crippen molar-refractivity contribution in [2.45, 2.75) is 33.4 Å². The maximum Gasteiger partial charge on any atom is 0.211 e. The number of rotatable bonds is 5. The molecule has 0 fully saturated rings. The third-order valence-electron chi connectivity index (χ3n) is 9.24. The Labute approximate surface area is 317 Å². The molecule has 0 bridgehead atoms. The third kappa shape index (κ3) is 6.71. The Morgan fingerprint density at radius 3 is 2.56 bits per heavy atom. The smallest absolute Gasteiger partial charge is 0.211 e. The van der Waals surface area contributed by atoms with Gasteiger partial charge in [-0.1, -0.05) is 123 Å². The summed E-state index contributed by atoms with van der Waals surface area (Å²) >= 11 is 0. The van der Waals surface area contributed by atoms with E-state index < -0.39 is 6.17 Å². The molecule has 6 heteroatoms. The van der Waals surface area contributed by atoms with Gasteiger partial charge >= 0.3 is 0 Å². The van der Waals surface area contributed by atoms with E-state index in [4.69, 9.17) is 21.4 Å². The molecule has 0 amide bonds. The van der Waals surface area contributed by atoms with Gasteiger partial charge in [0, 0.05) is 40.2 Å². The number of hydrogen-bond acceptors (Lipinski definition) is 5. The lowest BCUT2D eigenvalue weighted by molar-refractivity contribution is 0.722.